The molecule has 0 bridgehead atoms. The highest BCUT2D eigenvalue weighted by Crippen LogP contribution is 2.24. The maximum atomic E-state index is 12.5. The quantitative estimate of drug-likeness (QED) is 0.198. The van der Waals surface area contributed by atoms with Crippen LogP contribution >= 0.6 is 0 Å². The lowest BCUT2D eigenvalue weighted by atomic mass is 9.97. The lowest BCUT2D eigenvalue weighted by Gasteiger charge is -2.31. The van der Waals surface area contributed by atoms with Gasteiger partial charge in [-0.1, -0.05) is 0 Å². The van der Waals surface area contributed by atoms with Crippen LogP contribution in [0.15, 0.2) is 24.3 Å². The van der Waals surface area contributed by atoms with Crippen LogP contribution in [-0.2, 0) is 23.8 Å². The van der Waals surface area contributed by atoms with Crippen LogP contribution in [0.2, 0.25) is 0 Å². The zero-order valence-corrected chi connectivity index (χ0v) is 20.6. The molecule has 1 atom stereocenters. The van der Waals surface area contributed by atoms with Crippen LogP contribution in [0.4, 0.5) is 15.3 Å². The number of hydrogen-bond acceptors (Lipinski definition) is 9. The van der Waals surface area contributed by atoms with Crippen LogP contribution in [0, 0.1) is 11.3 Å². The fourth-order valence-electron chi connectivity index (χ4n) is 4.13. The first-order chi connectivity index (χ1) is 17.3. The van der Waals surface area contributed by atoms with E-state index in [9.17, 15) is 19.2 Å². The molecular weight excluding hydrogens is 470 g/mol. The summed E-state index contributed by atoms with van der Waals surface area (Å²) in [7, 11) is 0. The van der Waals surface area contributed by atoms with Crippen LogP contribution in [0.5, 0.6) is 0 Å². The number of nitrogens with one attached hydrogen (secondary N) is 3. The van der Waals surface area contributed by atoms with E-state index in [2.05, 4.69) is 15.5 Å². The van der Waals surface area contributed by atoms with Crippen molar-refractivity contribution in [3.05, 3.63) is 29.8 Å². The second-order valence-electron chi connectivity index (χ2n) is 8.48. The SMILES string of the molecule is CCOC(=O)CNC(=O)NC(=N)c1ccc(N2CC(CN3CCC(C(=O)OCC)CC3)OC2=O)cc1. The molecule has 0 spiro atoms. The molecule has 196 valence electrons. The predicted molar refractivity (Wildman–Crippen MR) is 130 cm³/mol. The van der Waals surface area contributed by atoms with Crippen LogP contribution in [-0.4, -0.2) is 86.8 Å². The maximum Gasteiger partial charge on any atom is 0.414 e. The summed E-state index contributed by atoms with van der Waals surface area (Å²) < 4.78 is 15.4. The molecule has 3 N–H and O–H groups in total. The molecule has 0 saturated carbocycles. The lowest BCUT2D eigenvalue weighted by molar-refractivity contribution is -0.149. The van der Waals surface area contributed by atoms with E-state index in [-0.39, 0.29) is 37.0 Å². The van der Waals surface area contributed by atoms with Crippen LogP contribution < -0.4 is 15.5 Å². The van der Waals surface area contributed by atoms with Gasteiger partial charge in [0.05, 0.1) is 25.7 Å². The van der Waals surface area contributed by atoms with Gasteiger partial charge in [-0.3, -0.25) is 30.1 Å². The summed E-state index contributed by atoms with van der Waals surface area (Å²) in [6.07, 6.45) is 0.719. The molecule has 1 aromatic rings. The summed E-state index contributed by atoms with van der Waals surface area (Å²) >= 11 is 0. The first-order valence-corrected chi connectivity index (χ1v) is 12.1. The summed E-state index contributed by atoms with van der Waals surface area (Å²) in [6.45, 7) is 6.24. The van der Waals surface area contributed by atoms with E-state index in [1.807, 2.05) is 0 Å². The van der Waals surface area contributed by atoms with Gasteiger partial charge in [-0.25, -0.2) is 9.59 Å². The van der Waals surface area contributed by atoms with Crippen LogP contribution in [0.3, 0.4) is 0 Å². The monoisotopic (exact) mass is 503 g/mol. The standard InChI is InChI=1S/C24H33N5O7/c1-3-34-20(30)13-26-23(32)27-21(25)16-5-7-18(8-6-16)29-15-19(36-24(29)33)14-28-11-9-17(10-12-28)22(31)35-4-2/h5-8,17,19H,3-4,9-15H2,1-2H3,(H3,25,26,27,32). The molecule has 3 rings (SSSR count). The molecule has 0 radical (unpaired) electrons. The van der Waals surface area contributed by atoms with Crippen molar-refractivity contribution in [3.8, 4) is 0 Å². The molecule has 12 nitrogen and oxygen atoms in total. The lowest BCUT2D eigenvalue weighted by Crippen LogP contribution is -2.42. The Morgan fingerprint density at radius 2 is 1.75 bits per heavy atom. The number of esters is 2. The number of benzene rings is 1. The highest BCUT2D eigenvalue weighted by Gasteiger charge is 2.35. The van der Waals surface area contributed by atoms with Gasteiger partial charge in [0.15, 0.2) is 0 Å². The Morgan fingerprint density at radius 1 is 1.08 bits per heavy atom. The molecule has 2 fully saturated rings. The molecule has 3 amide bonds. The first-order valence-electron chi connectivity index (χ1n) is 12.1. The number of amidine groups is 1. The summed E-state index contributed by atoms with van der Waals surface area (Å²) in [4.78, 5) is 51.3. The Kier molecular flexibility index (Phi) is 9.62. The Balaban J connectivity index is 1.46. The van der Waals surface area contributed by atoms with Crippen LogP contribution in [0.25, 0.3) is 0 Å². The fraction of sp³-hybridized carbons (Fsp3) is 0.542. The van der Waals surface area contributed by atoms with Gasteiger partial charge in [0, 0.05) is 17.8 Å². The number of amides is 3. The number of rotatable bonds is 9. The van der Waals surface area contributed by atoms with E-state index in [1.165, 1.54) is 4.90 Å². The molecule has 2 saturated heterocycles. The van der Waals surface area contributed by atoms with E-state index in [0.717, 1.165) is 25.9 Å². The Morgan fingerprint density at radius 3 is 2.39 bits per heavy atom. The van der Waals surface area contributed by atoms with Crippen molar-refractivity contribution in [2.24, 2.45) is 5.92 Å². The van der Waals surface area contributed by atoms with E-state index >= 15 is 0 Å². The van der Waals surface area contributed by atoms with Crippen molar-refractivity contribution in [3.63, 3.8) is 0 Å². The number of anilines is 1. The first kappa shape index (κ1) is 26.9. The van der Waals surface area contributed by atoms with Gasteiger partial charge in [0.2, 0.25) is 0 Å². The van der Waals surface area contributed by atoms with Crippen molar-refractivity contribution >= 4 is 35.6 Å². The molecule has 2 aliphatic rings. The third-order valence-corrected chi connectivity index (χ3v) is 5.95. The molecule has 12 heteroatoms. The third-order valence-electron chi connectivity index (χ3n) is 5.95. The van der Waals surface area contributed by atoms with Crippen molar-refractivity contribution in [1.29, 1.82) is 5.41 Å². The Bertz CT molecular complexity index is 960. The molecule has 1 aromatic carbocycles. The van der Waals surface area contributed by atoms with Gasteiger partial charge in [0.1, 0.15) is 18.5 Å². The average molecular weight is 504 g/mol. The number of nitrogens with zero attached hydrogens (tertiary/aromatic N) is 2. The van der Waals surface area contributed by atoms with Crippen molar-refractivity contribution in [2.75, 3.05) is 50.8 Å². The molecule has 2 heterocycles. The van der Waals surface area contributed by atoms with Crippen LogP contribution in [0.1, 0.15) is 32.3 Å². The highest BCUT2D eigenvalue weighted by molar-refractivity contribution is 6.06. The number of urea groups is 1. The largest absolute Gasteiger partial charge is 0.466 e. The molecular formula is C24H33N5O7. The molecule has 0 aliphatic carbocycles. The van der Waals surface area contributed by atoms with Gasteiger partial charge in [0.25, 0.3) is 0 Å². The van der Waals surface area contributed by atoms with Crippen molar-refractivity contribution < 1.29 is 33.4 Å². The third kappa shape index (κ3) is 7.41. The number of cyclic esters (lactones) is 1. The number of piperidine rings is 1. The van der Waals surface area contributed by atoms with Gasteiger partial charge in [-0.05, 0) is 64.0 Å². The summed E-state index contributed by atoms with van der Waals surface area (Å²) in [5.74, 6) is -0.935. The second kappa shape index (κ2) is 12.9. The Labute approximate surface area is 209 Å². The zero-order valence-electron chi connectivity index (χ0n) is 20.6. The van der Waals surface area contributed by atoms with Gasteiger partial charge >= 0.3 is 24.1 Å². The number of hydrogen-bond donors (Lipinski definition) is 3. The van der Waals surface area contributed by atoms with Crippen molar-refractivity contribution in [1.82, 2.24) is 15.5 Å². The molecule has 0 aromatic heterocycles. The minimum absolute atomic E-state index is 0.0702. The van der Waals surface area contributed by atoms with Crippen molar-refractivity contribution in [2.45, 2.75) is 32.8 Å². The summed E-state index contributed by atoms with van der Waals surface area (Å²) in [5, 5.41) is 12.7. The van der Waals surface area contributed by atoms with Gasteiger partial charge < -0.3 is 19.5 Å². The van der Waals surface area contributed by atoms with E-state index in [1.54, 1.807) is 38.1 Å². The number of ether oxygens (including phenoxy) is 3. The summed E-state index contributed by atoms with van der Waals surface area (Å²) in [6, 6.07) is 5.88. The molecule has 2 aliphatic heterocycles. The van der Waals surface area contributed by atoms with E-state index in [4.69, 9.17) is 19.6 Å². The topological polar surface area (TPSA) is 150 Å². The minimum Gasteiger partial charge on any atom is -0.466 e. The zero-order chi connectivity index (χ0) is 26.1. The average Bonchev–Trinajstić information content (AvgIpc) is 3.23. The fourth-order valence-corrected chi connectivity index (χ4v) is 4.13. The highest BCUT2D eigenvalue weighted by atomic mass is 16.6. The van der Waals surface area contributed by atoms with E-state index in [0.29, 0.717) is 30.9 Å². The van der Waals surface area contributed by atoms with Gasteiger partial charge in [-0.2, -0.15) is 0 Å². The predicted octanol–water partition coefficient (Wildman–Crippen LogP) is 1.47. The summed E-state index contributed by atoms with van der Waals surface area (Å²) in [5.41, 5.74) is 1.05. The second-order valence-corrected chi connectivity index (χ2v) is 8.48. The molecule has 36 heavy (non-hydrogen) atoms. The van der Waals surface area contributed by atoms with Gasteiger partial charge in [-0.15, -0.1) is 0 Å². The Hall–Kier alpha value is -3.67. The van der Waals surface area contributed by atoms with E-state index < -0.39 is 18.1 Å². The normalized spacial score (nSPS) is 18.3. The number of carbonyl (C=O) groups excluding carboxylic acids is 4. The molecule has 1 unspecified atom stereocenters. The minimum atomic E-state index is -0.700. The number of likely N-dealkylation sites (tertiary alicyclic amines) is 1. The maximum absolute atomic E-state index is 12.5. The number of carbonyl (C=O) groups is 4. The smallest absolute Gasteiger partial charge is 0.414 e.